The van der Waals surface area contributed by atoms with Gasteiger partial charge in [0.2, 0.25) is 0 Å². The van der Waals surface area contributed by atoms with E-state index in [2.05, 4.69) is 17.6 Å². The molecule has 2 aromatic carbocycles. The molecule has 0 aromatic heterocycles. The summed E-state index contributed by atoms with van der Waals surface area (Å²) in [7, 11) is 0. The van der Waals surface area contributed by atoms with Gasteiger partial charge in [-0.05, 0) is 37.6 Å². The van der Waals surface area contributed by atoms with Crippen LogP contribution in [-0.4, -0.2) is 24.4 Å². The predicted octanol–water partition coefficient (Wildman–Crippen LogP) is 3.49. The van der Waals surface area contributed by atoms with E-state index in [1.807, 2.05) is 25.1 Å². The lowest BCUT2D eigenvalue weighted by atomic mass is 10.1. The van der Waals surface area contributed by atoms with Crippen molar-refractivity contribution in [3.63, 3.8) is 0 Å². The van der Waals surface area contributed by atoms with Crippen molar-refractivity contribution in [1.82, 2.24) is 5.32 Å². The summed E-state index contributed by atoms with van der Waals surface area (Å²) >= 11 is 0. The summed E-state index contributed by atoms with van der Waals surface area (Å²) in [6.45, 7) is 4.43. The van der Waals surface area contributed by atoms with Crippen molar-refractivity contribution in [2.24, 2.45) is 5.73 Å². The molecule has 0 saturated carbocycles. The van der Waals surface area contributed by atoms with E-state index in [0.717, 1.165) is 24.8 Å². The zero-order chi connectivity index (χ0) is 18.9. The van der Waals surface area contributed by atoms with Gasteiger partial charge in [0.15, 0.2) is 0 Å². The number of anilines is 1. The topological polar surface area (TPSA) is 84.2 Å². The highest BCUT2D eigenvalue weighted by molar-refractivity contribution is 6.09. The first-order valence-electron chi connectivity index (χ1n) is 9.03. The van der Waals surface area contributed by atoms with Gasteiger partial charge >= 0.3 is 0 Å². The number of benzene rings is 2. The van der Waals surface area contributed by atoms with Crippen LogP contribution in [0.25, 0.3) is 0 Å². The number of hydrogen-bond donors (Lipinski definition) is 3. The summed E-state index contributed by atoms with van der Waals surface area (Å²) in [5.74, 6) is -0.466. The number of amides is 2. The normalized spacial score (nSPS) is 11.7. The van der Waals surface area contributed by atoms with Crippen LogP contribution in [0.1, 0.15) is 52.5 Å². The molecule has 0 aliphatic carbocycles. The van der Waals surface area contributed by atoms with E-state index in [0.29, 0.717) is 23.4 Å². The average molecular weight is 353 g/mol. The van der Waals surface area contributed by atoms with Gasteiger partial charge in [-0.3, -0.25) is 9.59 Å². The van der Waals surface area contributed by atoms with Crippen molar-refractivity contribution in [3.8, 4) is 0 Å². The molecule has 26 heavy (non-hydrogen) atoms. The molecule has 138 valence electrons. The van der Waals surface area contributed by atoms with E-state index in [1.54, 1.807) is 30.3 Å². The van der Waals surface area contributed by atoms with E-state index in [-0.39, 0.29) is 17.9 Å². The molecule has 5 heteroatoms. The van der Waals surface area contributed by atoms with E-state index >= 15 is 0 Å². The molecule has 4 N–H and O–H groups in total. The summed E-state index contributed by atoms with van der Waals surface area (Å²) in [4.78, 5) is 25.2. The standard InChI is InChI=1S/C21H27N3O2/c1-3-4-10-17(14-22)23-21(26)18-11-5-6-12-19(18)24-20(25)16-9-7-8-15(2)13-16/h5-9,11-13,17H,3-4,10,14,22H2,1-2H3,(H,23,26)(H,24,25). The maximum atomic E-state index is 12.7. The summed E-state index contributed by atoms with van der Waals surface area (Å²) in [6, 6.07) is 14.3. The van der Waals surface area contributed by atoms with Gasteiger partial charge in [0.1, 0.15) is 0 Å². The highest BCUT2D eigenvalue weighted by atomic mass is 16.2. The molecular formula is C21H27N3O2. The van der Waals surface area contributed by atoms with Crippen LogP contribution in [0.15, 0.2) is 48.5 Å². The summed E-state index contributed by atoms with van der Waals surface area (Å²) in [6.07, 6.45) is 2.90. The molecule has 2 aromatic rings. The lowest BCUT2D eigenvalue weighted by Gasteiger charge is -2.18. The second-order valence-electron chi connectivity index (χ2n) is 6.42. The Balaban J connectivity index is 2.14. The Morgan fingerprint density at radius 1 is 1.08 bits per heavy atom. The Bertz CT molecular complexity index is 758. The quantitative estimate of drug-likeness (QED) is 0.679. The Morgan fingerprint density at radius 2 is 1.85 bits per heavy atom. The molecule has 0 bridgehead atoms. The zero-order valence-corrected chi connectivity index (χ0v) is 15.4. The van der Waals surface area contributed by atoms with Crippen molar-refractivity contribution in [1.29, 1.82) is 0 Å². The molecule has 0 aliphatic rings. The Labute approximate surface area is 155 Å². The maximum Gasteiger partial charge on any atom is 0.255 e. The molecule has 5 nitrogen and oxygen atoms in total. The summed E-state index contributed by atoms with van der Waals surface area (Å²) < 4.78 is 0. The monoisotopic (exact) mass is 353 g/mol. The van der Waals surface area contributed by atoms with Gasteiger partial charge in [-0.1, -0.05) is 49.6 Å². The van der Waals surface area contributed by atoms with Crippen molar-refractivity contribution in [2.45, 2.75) is 39.2 Å². The van der Waals surface area contributed by atoms with Crippen molar-refractivity contribution in [3.05, 3.63) is 65.2 Å². The van der Waals surface area contributed by atoms with E-state index in [9.17, 15) is 9.59 Å². The number of aryl methyl sites for hydroxylation is 1. The van der Waals surface area contributed by atoms with E-state index in [4.69, 9.17) is 5.73 Å². The molecule has 0 spiro atoms. The average Bonchev–Trinajstić information content (AvgIpc) is 2.65. The van der Waals surface area contributed by atoms with E-state index in [1.165, 1.54) is 0 Å². The maximum absolute atomic E-state index is 12.7. The molecule has 0 heterocycles. The third kappa shape index (κ3) is 5.43. The van der Waals surface area contributed by atoms with Gasteiger partial charge in [0.25, 0.3) is 11.8 Å². The van der Waals surface area contributed by atoms with Crippen LogP contribution in [-0.2, 0) is 0 Å². The minimum absolute atomic E-state index is 0.0667. The van der Waals surface area contributed by atoms with Gasteiger partial charge in [0.05, 0.1) is 11.3 Å². The predicted molar refractivity (Wildman–Crippen MR) is 105 cm³/mol. The molecule has 2 rings (SSSR count). The number of hydrogen-bond acceptors (Lipinski definition) is 3. The molecule has 1 unspecified atom stereocenters. The fraction of sp³-hybridized carbons (Fsp3) is 0.333. The molecule has 0 aliphatic heterocycles. The Kier molecular flexibility index (Phi) is 7.36. The Morgan fingerprint density at radius 3 is 2.54 bits per heavy atom. The first-order valence-corrected chi connectivity index (χ1v) is 9.03. The molecule has 0 radical (unpaired) electrons. The second-order valence-corrected chi connectivity index (χ2v) is 6.42. The third-order valence-corrected chi connectivity index (χ3v) is 4.23. The minimum Gasteiger partial charge on any atom is -0.348 e. The first-order chi connectivity index (χ1) is 12.5. The van der Waals surface area contributed by atoms with E-state index < -0.39 is 0 Å². The zero-order valence-electron chi connectivity index (χ0n) is 15.4. The number of nitrogens with one attached hydrogen (secondary N) is 2. The van der Waals surface area contributed by atoms with Crippen LogP contribution in [0, 0.1) is 6.92 Å². The smallest absolute Gasteiger partial charge is 0.255 e. The molecule has 2 amide bonds. The van der Waals surface area contributed by atoms with Crippen LogP contribution in [0.4, 0.5) is 5.69 Å². The largest absolute Gasteiger partial charge is 0.348 e. The Hall–Kier alpha value is -2.66. The highest BCUT2D eigenvalue weighted by Gasteiger charge is 2.17. The molecule has 0 saturated heterocycles. The molecule has 1 atom stereocenters. The number of carbonyl (C=O) groups excluding carboxylic acids is 2. The van der Waals surface area contributed by atoms with Gasteiger partial charge in [-0.2, -0.15) is 0 Å². The number of unbranched alkanes of at least 4 members (excludes halogenated alkanes) is 1. The summed E-state index contributed by atoms with van der Waals surface area (Å²) in [5, 5.41) is 5.80. The van der Waals surface area contributed by atoms with Gasteiger partial charge < -0.3 is 16.4 Å². The van der Waals surface area contributed by atoms with Crippen molar-refractivity contribution >= 4 is 17.5 Å². The van der Waals surface area contributed by atoms with Crippen molar-refractivity contribution in [2.75, 3.05) is 11.9 Å². The first kappa shape index (κ1) is 19.7. The van der Waals surface area contributed by atoms with Crippen LogP contribution < -0.4 is 16.4 Å². The van der Waals surface area contributed by atoms with Crippen LogP contribution in [0.5, 0.6) is 0 Å². The lowest BCUT2D eigenvalue weighted by molar-refractivity contribution is 0.0936. The van der Waals surface area contributed by atoms with Crippen LogP contribution in [0.2, 0.25) is 0 Å². The van der Waals surface area contributed by atoms with Crippen molar-refractivity contribution < 1.29 is 9.59 Å². The fourth-order valence-corrected chi connectivity index (χ4v) is 2.73. The highest BCUT2D eigenvalue weighted by Crippen LogP contribution is 2.17. The fourth-order valence-electron chi connectivity index (χ4n) is 2.73. The van der Waals surface area contributed by atoms with Gasteiger partial charge in [0, 0.05) is 18.2 Å². The van der Waals surface area contributed by atoms with Gasteiger partial charge in [-0.15, -0.1) is 0 Å². The summed E-state index contributed by atoms with van der Waals surface area (Å²) in [5.41, 5.74) is 8.25. The molecule has 0 fully saturated rings. The molecular weight excluding hydrogens is 326 g/mol. The minimum atomic E-state index is -0.240. The number of para-hydroxylation sites is 1. The van der Waals surface area contributed by atoms with Gasteiger partial charge in [-0.25, -0.2) is 0 Å². The second kappa shape index (κ2) is 9.73. The number of carbonyl (C=O) groups is 2. The SMILES string of the molecule is CCCCC(CN)NC(=O)c1ccccc1NC(=O)c1cccc(C)c1. The lowest BCUT2D eigenvalue weighted by Crippen LogP contribution is -2.40. The van der Waals surface area contributed by atoms with Crippen LogP contribution >= 0.6 is 0 Å². The third-order valence-electron chi connectivity index (χ3n) is 4.23. The van der Waals surface area contributed by atoms with Crippen LogP contribution in [0.3, 0.4) is 0 Å². The number of rotatable bonds is 8. The number of nitrogens with two attached hydrogens (primary N) is 1.